The molecule has 2 heterocycles. The Morgan fingerprint density at radius 3 is 2.62 bits per heavy atom. The summed E-state index contributed by atoms with van der Waals surface area (Å²) in [6.45, 7) is 7.06. The van der Waals surface area contributed by atoms with Gasteiger partial charge < -0.3 is 19.7 Å². The molecule has 1 N–H and O–H groups in total. The number of aliphatic imine (C=N–C) groups is 1. The Morgan fingerprint density at radius 2 is 2.00 bits per heavy atom. The minimum absolute atomic E-state index is 0.0766. The third-order valence-electron chi connectivity index (χ3n) is 5.82. The normalized spacial score (nSPS) is 24.4. The van der Waals surface area contributed by atoms with Gasteiger partial charge in [0.15, 0.2) is 5.96 Å². The lowest BCUT2D eigenvalue weighted by molar-refractivity contribution is -0.145. The smallest absolute Gasteiger partial charge is 0.310 e. The summed E-state index contributed by atoms with van der Waals surface area (Å²) in [4.78, 5) is 20.9. The number of rotatable bonds is 5. The van der Waals surface area contributed by atoms with Crippen LogP contribution in [-0.4, -0.2) is 81.8 Å². The van der Waals surface area contributed by atoms with Crippen LogP contribution in [0.1, 0.15) is 18.5 Å². The van der Waals surface area contributed by atoms with Crippen LogP contribution in [0.15, 0.2) is 29.3 Å². The standard InChI is InChI=1S/C21H31FN4O3/c1-15-13-26(14-18(15)20(27)28-3)21(23-2)24-12-19(25-8-10-29-11-9-25)16-4-6-17(22)7-5-16/h4-7,15,18-19H,8-14H2,1-3H3,(H,23,24). The van der Waals surface area contributed by atoms with Crippen LogP contribution in [0.25, 0.3) is 0 Å². The molecule has 8 heteroatoms. The van der Waals surface area contributed by atoms with E-state index in [0.717, 1.165) is 31.2 Å². The van der Waals surface area contributed by atoms with Crippen LogP contribution >= 0.6 is 0 Å². The van der Waals surface area contributed by atoms with Gasteiger partial charge in [-0.1, -0.05) is 19.1 Å². The minimum Gasteiger partial charge on any atom is -0.469 e. The second-order valence-electron chi connectivity index (χ2n) is 7.66. The molecular formula is C21H31FN4O3. The highest BCUT2D eigenvalue weighted by Gasteiger charge is 2.37. The topological polar surface area (TPSA) is 66.4 Å². The van der Waals surface area contributed by atoms with Crippen molar-refractivity contribution in [2.45, 2.75) is 13.0 Å². The van der Waals surface area contributed by atoms with E-state index in [0.29, 0.717) is 26.3 Å². The molecule has 1 aromatic rings. The van der Waals surface area contributed by atoms with Crippen LogP contribution in [0.3, 0.4) is 0 Å². The van der Waals surface area contributed by atoms with Crippen molar-refractivity contribution in [1.29, 1.82) is 0 Å². The lowest BCUT2D eigenvalue weighted by atomic mass is 9.99. The monoisotopic (exact) mass is 406 g/mol. The van der Waals surface area contributed by atoms with Gasteiger partial charge in [0.05, 0.1) is 32.3 Å². The summed E-state index contributed by atoms with van der Waals surface area (Å²) in [6, 6.07) is 6.75. The molecule has 0 saturated carbocycles. The van der Waals surface area contributed by atoms with Gasteiger partial charge in [0.1, 0.15) is 5.82 Å². The number of benzene rings is 1. The number of esters is 1. The van der Waals surface area contributed by atoms with Crippen molar-refractivity contribution in [3.05, 3.63) is 35.6 Å². The number of halogens is 1. The highest BCUT2D eigenvalue weighted by atomic mass is 19.1. The van der Waals surface area contributed by atoms with E-state index in [9.17, 15) is 9.18 Å². The molecule has 0 aromatic heterocycles. The lowest BCUT2D eigenvalue weighted by Crippen LogP contribution is -2.47. The summed E-state index contributed by atoms with van der Waals surface area (Å²) in [5, 5.41) is 3.47. The van der Waals surface area contributed by atoms with Crippen molar-refractivity contribution < 1.29 is 18.7 Å². The molecular weight excluding hydrogens is 375 g/mol. The summed E-state index contributed by atoms with van der Waals surface area (Å²) in [5.74, 6) is 0.411. The molecule has 3 atom stereocenters. The highest BCUT2D eigenvalue weighted by Crippen LogP contribution is 2.25. The zero-order valence-electron chi connectivity index (χ0n) is 17.4. The first-order valence-electron chi connectivity index (χ1n) is 10.1. The van der Waals surface area contributed by atoms with E-state index in [1.165, 1.54) is 19.2 Å². The van der Waals surface area contributed by atoms with Gasteiger partial charge in [-0.15, -0.1) is 0 Å². The molecule has 0 aliphatic carbocycles. The molecule has 2 saturated heterocycles. The molecule has 0 bridgehead atoms. The third kappa shape index (κ3) is 5.25. The van der Waals surface area contributed by atoms with Gasteiger partial charge in [-0.05, 0) is 23.6 Å². The number of hydrogen-bond acceptors (Lipinski definition) is 5. The lowest BCUT2D eigenvalue weighted by Gasteiger charge is -2.35. The van der Waals surface area contributed by atoms with Crippen LogP contribution < -0.4 is 5.32 Å². The maximum Gasteiger partial charge on any atom is 0.310 e. The van der Waals surface area contributed by atoms with Gasteiger partial charge in [0.25, 0.3) is 0 Å². The zero-order valence-corrected chi connectivity index (χ0v) is 17.4. The van der Waals surface area contributed by atoms with Crippen molar-refractivity contribution in [3.63, 3.8) is 0 Å². The Morgan fingerprint density at radius 1 is 1.31 bits per heavy atom. The average molecular weight is 407 g/mol. The SMILES string of the molecule is CN=C(NCC(c1ccc(F)cc1)N1CCOCC1)N1CC(C)C(C(=O)OC)C1. The van der Waals surface area contributed by atoms with Gasteiger partial charge in [-0.2, -0.15) is 0 Å². The van der Waals surface area contributed by atoms with Crippen LogP contribution in [0.2, 0.25) is 0 Å². The van der Waals surface area contributed by atoms with Gasteiger partial charge in [-0.25, -0.2) is 4.39 Å². The van der Waals surface area contributed by atoms with Gasteiger partial charge >= 0.3 is 5.97 Å². The van der Waals surface area contributed by atoms with Crippen molar-refractivity contribution in [2.24, 2.45) is 16.8 Å². The molecule has 160 valence electrons. The van der Waals surface area contributed by atoms with Crippen molar-refractivity contribution >= 4 is 11.9 Å². The van der Waals surface area contributed by atoms with Crippen LogP contribution in [0, 0.1) is 17.7 Å². The van der Waals surface area contributed by atoms with Gasteiger partial charge in [-0.3, -0.25) is 14.7 Å². The Balaban J connectivity index is 1.69. The average Bonchev–Trinajstić information content (AvgIpc) is 3.13. The number of morpholine rings is 1. The summed E-state index contributed by atoms with van der Waals surface area (Å²) in [7, 11) is 3.18. The van der Waals surface area contributed by atoms with E-state index in [1.54, 1.807) is 7.05 Å². The fourth-order valence-electron chi connectivity index (χ4n) is 4.15. The molecule has 2 aliphatic rings. The van der Waals surface area contributed by atoms with Crippen molar-refractivity contribution in [1.82, 2.24) is 15.1 Å². The van der Waals surface area contributed by atoms with Crippen LogP contribution in [-0.2, 0) is 14.3 Å². The summed E-state index contributed by atoms with van der Waals surface area (Å²) in [6.07, 6.45) is 0. The molecule has 0 amide bonds. The van der Waals surface area contributed by atoms with Gasteiger partial charge in [0.2, 0.25) is 0 Å². The number of methoxy groups -OCH3 is 1. The van der Waals surface area contributed by atoms with E-state index in [1.807, 2.05) is 12.1 Å². The Kier molecular flexibility index (Phi) is 7.44. The largest absolute Gasteiger partial charge is 0.469 e. The minimum atomic E-state index is -0.238. The first kappa shape index (κ1) is 21.5. The predicted molar refractivity (Wildman–Crippen MR) is 109 cm³/mol. The second-order valence-corrected chi connectivity index (χ2v) is 7.66. The fraction of sp³-hybridized carbons (Fsp3) is 0.619. The van der Waals surface area contributed by atoms with Crippen LogP contribution in [0.4, 0.5) is 4.39 Å². The molecule has 0 radical (unpaired) electrons. The zero-order chi connectivity index (χ0) is 20.8. The fourth-order valence-corrected chi connectivity index (χ4v) is 4.15. The number of likely N-dealkylation sites (tertiary alicyclic amines) is 1. The number of guanidine groups is 1. The Bertz CT molecular complexity index is 706. The van der Waals surface area contributed by atoms with E-state index < -0.39 is 0 Å². The molecule has 2 fully saturated rings. The molecule has 29 heavy (non-hydrogen) atoms. The molecule has 3 rings (SSSR count). The molecule has 3 unspecified atom stereocenters. The maximum absolute atomic E-state index is 13.4. The molecule has 1 aromatic carbocycles. The third-order valence-corrected chi connectivity index (χ3v) is 5.82. The van der Waals surface area contributed by atoms with E-state index >= 15 is 0 Å². The maximum atomic E-state index is 13.4. The van der Waals surface area contributed by atoms with Gasteiger partial charge in [0, 0.05) is 39.8 Å². The Labute approximate surface area is 171 Å². The molecule has 7 nitrogen and oxygen atoms in total. The number of carbonyl (C=O) groups excluding carboxylic acids is 1. The number of carbonyl (C=O) groups is 1. The molecule has 2 aliphatic heterocycles. The predicted octanol–water partition coefficient (Wildman–Crippen LogP) is 1.52. The first-order valence-corrected chi connectivity index (χ1v) is 10.1. The van der Waals surface area contributed by atoms with Crippen molar-refractivity contribution in [3.8, 4) is 0 Å². The summed E-state index contributed by atoms with van der Waals surface area (Å²) < 4.78 is 23.8. The number of nitrogens with zero attached hydrogens (tertiary/aromatic N) is 3. The highest BCUT2D eigenvalue weighted by molar-refractivity contribution is 5.82. The second kappa shape index (κ2) is 10.0. The van der Waals surface area contributed by atoms with Crippen LogP contribution in [0.5, 0.6) is 0 Å². The van der Waals surface area contributed by atoms with E-state index in [2.05, 4.69) is 27.0 Å². The van der Waals surface area contributed by atoms with E-state index in [4.69, 9.17) is 9.47 Å². The number of hydrogen-bond donors (Lipinski definition) is 1. The quantitative estimate of drug-likeness (QED) is 0.454. The summed E-state index contributed by atoms with van der Waals surface area (Å²) >= 11 is 0. The molecule has 0 spiro atoms. The Hall–Kier alpha value is -2.19. The van der Waals surface area contributed by atoms with E-state index in [-0.39, 0.29) is 29.7 Å². The first-order chi connectivity index (χ1) is 14.0. The number of nitrogens with one attached hydrogen (secondary N) is 1. The summed E-state index contributed by atoms with van der Waals surface area (Å²) in [5.41, 5.74) is 1.05. The number of ether oxygens (including phenoxy) is 2. The van der Waals surface area contributed by atoms with Crippen molar-refractivity contribution in [2.75, 3.05) is 60.1 Å².